The molecule has 0 aromatic carbocycles. The van der Waals surface area contributed by atoms with Gasteiger partial charge in [-0.15, -0.1) is 11.3 Å². The number of anilines is 1. The summed E-state index contributed by atoms with van der Waals surface area (Å²) in [5.41, 5.74) is 8.23. The van der Waals surface area contributed by atoms with E-state index in [9.17, 15) is 9.90 Å². The predicted molar refractivity (Wildman–Crippen MR) is 83.7 cm³/mol. The number of fused-ring (bicyclic) bond motifs is 1. The number of ether oxygens (including phenoxy) is 1. The lowest BCUT2D eigenvalue weighted by Gasteiger charge is -2.10. The van der Waals surface area contributed by atoms with Crippen LogP contribution in [0.1, 0.15) is 21.1 Å². The molecule has 0 aliphatic carbocycles. The summed E-state index contributed by atoms with van der Waals surface area (Å²) < 4.78 is 5.76. The van der Waals surface area contributed by atoms with Crippen molar-refractivity contribution < 1.29 is 14.6 Å². The van der Waals surface area contributed by atoms with Gasteiger partial charge in [0.05, 0.1) is 18.4 Å². The first-order valence-electron chi connectivity index (χ1n) is 6.55. The molecule has 0 aliphatic rings. The quantitative estimate of drug-likeness (QED) is 0.772. The van der Waals surface area contributed by atoms with Crippen LogP contribution in [-0.2, 0) is 4.74 Å². The van der Waals surface area contributed by atoms with Crippen LogP contribution in [0.4, 0.5) is 5.69 Å². The number of nitrogens with zero attached hydrogens (tertiary/aromatic N) is 1. The third-order valence-corrected chi connectivity index (χ3v) is 4.23. The van der Waals surface area contributed by atoms with Crippen LogP contribution in [0.25, 0.3) is 10.1 Å². The molecule has 114 valence electrons. The highest BCUT2D eigenvalue weighted by Crippen LogP contribution is 2.35. The molecule has 2 rings (SSSR count). The number of nitrogens with two attached hydrogens (primary N) is 1. The summed E-state index contributed by atoms with van der Waals surface area (Å²) in [5.74, 6) is -0.291. The second-order valence-electron chi connectivity index (χ2n) is 4.89. The van der Waals surface area contributed by atoms with E-state index in [0.717, 1.165) is 21.5 Å². The largest absolute Gasteiger partial charge is 0.397 e. The number of thiophene rings is 1. The molecule has 1 atom stereocenters. The third kappa shape index (κ3) is 3.31. The lowest BCUT2D eigenvalue weighted by molar-refractivity contribution is 0.0611. The van der Waals surface area contributed by atoms with Gasteiger partial charge in [0.2, 0.25) is 0 Å². The van der Waals surface area contributed by atoms with Gasteiger partial charge in [-0.25, -0.2) is 0 Å². The number of amides is 1. The number of aliphatic hydroxyl groups excluding tert-OH is 1. The fraction of sp³-hybridized carbons (Fsp3) is 0.429. The number of nitrogens with one attached hydrogen (secondary N) is 1. The summed E-state index contributed by atoms with van der Waals surface area (Å²) >= 11 is 1.34. The molecule has 0 saturated carbocycles. The molecule has 4 N–H and O–H groups in total. The predicted octanol–water partition coefficient (Wildman–Crippen LogP) is 1.23. The van der Waals surface area contributed by atoms with Crippen LogP contribution in [0, 0.1) is 13.8 Å². The van der Waals surface area contributed by atoms with Gasteiger partial charge in [-0.3, -0.25) is 9.78 Å². The average Bonchev–Trinajstić information content (AvgIpc) is 2.73. The summed E-state index contributed by atoms with van der Waals surface area (Å²) in [5, 5.41) is 13.0. The minimum absolute atomic E-state index is 0.122. The van der Waals surface area contributed by atoms with Gasteiger partial charge < -0.3 is 20.9 Å². The van der Waals surface area contributed by atoms with Crippen molar-refractivity contribution in [1.82, 2.24) is 10.3 Å². The molecular formula is C14H19N3O3S. The molecule has 0 spiro atoms. The number of hydrogen-bond donors (Lipinski definition) is 3. The molecule has 0 saturated heterocycles. The highest BCUT2D eigenvalue weighted by Gasteiger charge is 2.19. The number of aliphatic hydroxyl groups is 1. The van der Waals surface area contributed by atoms with E-state index >= 15 is 0 Å². The van der Waals surface area contributed by atoms with E-state index in [-0.39, 0.29) is 19.1 Å². The first-order chi connectivity index (χ1) is 9.93. The molecular weight excluding hydrogens is 290 g/mol. The molecule has 2 aromatic rings. The fourth-order valence-electron chi connectivity index (χ4n) is 2.19. The zero-order chi connectivity index (χ0) is 15.6. The van der Waals surface area contributed by atoms with Crippen LogP contribution in [0.5, 0.6) is 0 Å². The van der Waals surface area contributed by atoms with Crippen molar-refractivity contribution in [3.05, 3.63) is 22.3 Å². The van der Waals surface area contributed by atoms with E-state index in [4.69, 9.17) is 10.5 Å². The minimum atomic E-state index is -0.736. The molecule has 2 aromatic heterocycles. The van der Waals surface area contributed by atoms with E-state index in [1.54, 1.807) is 0 Å². The zero-order valence-corrected chi connectivity index (χ0v) is 13.1. The van der Waals surface area contributed by atoms with Gasteiger partial charge >= 0.3 is 0 Å². The fourth-order valence-corrected chi connectivity index (χ4v) is 3.38. The number of aryl methyl sites for hydroxylation is 2. The Balaban J connectivity index is 2.24. The molecule has 0 bridgehead atoms. The van der Waals surface area contributed by atoms with Crippen LogP contribution >= 0.6 is 11.3 Å². The number of carbonyl (C=O) groups excluding carboxylic acids is 1. The summed E-state index contributed by atoms with van der Waals surface area (Å²) in [4.78, 5) is 17.0. The SMILES string of the molecule is COCC(O)CNC(=O)c1sc2cc(C)nc(C)c2c1N. The standard InChI is InChI=1S/C14H19N3O3S/c1-7-4-10-11(8(2)17-7)12(15)13(21-10)14(19)16-5-9(18)6-20-3/h4,9,18H,5-6,15H2,1-3H3,(H,16,19). The van der Waals surface area contributed by atoms with Crippen LogP contribution in [0.2, 0.25) is 0 Å². The van der Waals surface area contributed by atoms with E-state index < -0.39 is 6.10 Å². The lowest BCUT2D eigenvalue weighted by atomic mass is 10.2. The van der Waals surface area contributed by atoms with Crippen LogP contribution in [-0.4, -0.2) is 42.4 Å². The first-order valence-corrected chi connectivity index (χ1v) is 7.37. The second kappa shape index (κ2) is 6.38. The number of aromatic nitrogens is 1. The van der Waals surface area contributed by atoms with Crippen molar-refractivity contribution in [3.8, 4) is 0 Å². The van der Waals surface area contributed by atoms with Gasteiger partial charge in [-0.2, -0.15) is 0 Å². The summed E-state index contributed by atoms with van der Waals surface area (Å²) in [6.45, 7) is 4.08. The van der Waals surface area contributed by atoms with Gasteiger partial charge in [-0.05, 0) is 19.9 Å². The smallest absolute Gasteiger partial charge is 0.263 e. The van der Waals surface area contributed by atoms with Crippen LogP contribution in [0.3, 0.4) is 0 Å². The molecule has 6 nitrogen and oxygen atoms in total. The van der Waals surface area contributed by atoms with E-state index in [1.165, 1.54) is 18.4 Å². The van der Waals surface area contributed by atoms with Gasteiger partial charge in [-0.1, -0.05) is 0 Å². The zero-order valence-electron chi connectivity index (χ0n) is 12.3. The van der Waals surface area contributed by atoms with Crippen molar-refractivity contribution in [2.75, 3.05) is 26.0 Å². The Morgan fingerprint density at radius 2 is 2.29 bits per heavy atom. The Hall–Kier alpha value is -1.70. The molecule has 7 heteroatoms. The molecule has 2 heterocycles. The van der Waals surface area contributed by atoms with Crippen molar-refractivity contribution in [2.24, 2.45) is 0 Å². The number of methoxy groups -OCH3 is 1. The van der Waals surface area contributed by atoms with Gasteiger partial charge in [0, 0.05) is 35.1 Å². The van der Waals surface area contributed by atoms with Crippen molar-refractivity contribution in [1.29, 1.82) is 0 Å². The van der Waals surface area contributed by atoms with Crippen molar-refractivity contribution >= 4 is 33.0 Å². The van der Waals surface area contributed by atoms with E-state index in [1.807, 2.05) is 19.9 Å². The first kappa shape index (κ1) is 15.7. The summed E-state index contributed by atoms with van der Waals surface area (Å²) in [6.07, 6.45) is -0.736. The Labute approximate surface area is 126 Å². The van der Waals surface area contributed by atoms with Crippen LogP contribution < -0.4 is 11.1 Å². The maximum absolute atomic E-state index is 12.2. The van der Waals surface area contributed by atoms with Crippen molar-refractivity contribution in [2.45, 2.75) is 20.0 Å². The number of pyridine rings is 1. The average molecular weight is 309 g/mol. The second-order valence-corrected chi connectivity index (χ2v) is 5.94. The summed E-state index contributed by atoms with van der Waals surface area (Å²) in [7, 11) is 1.49. The Morgan fingerprint density at radius 1 is 1.57 bits per heavy atom. The molecule has 0 aliphatic heterocycles. The number of carbonyl (C=O) groups is 1. The maximum atomic E-state index is 12.2. The highest BCUT2D eigenvalue weighted by molar-refractivity contribution is 7.21. The maximum Gasteiger partial charge on any atom is 0.263 e. The van der Waals surface area contributed by atoms with Gasteiger partial charge in [0.25, 0.3) is 5.91 Å². The molecule has 0 fully saturated rings. The minimum Gasteiger partial charge on any atom is -0.397 e. The number of nitrogen functional groups attached to an aromatic ring is 1. The Morgan fingerprint density at radius 3 is 2.95 bits per heavy atom. The molecule has 1 unspecified atom stereocenters. The van der Waals surface area contributed by atoms with Gasteiger partial charge in [0.1, 0.15) is 4.88 Å². The topological polar surface area (TPSA) is 97.5 Å². The Kier molecular flexibility index (Phi) is 4.76. The van der Waals surface area contributed by atoms with Gasteiger partial charge in [0.15, 0.2) is 0 Å². The van der Waals surface area contributed by atoms with Crippen LogP contribution in [0.15, 0.2) is 6.07 Å². The monoisotopic (exact) mass is 309 g/mol. The number of rotatable bonds is 5. The molecule has 0 radical (unpaired) electrons. The molecule has 1 amide bonds. The van der Waals surface area contributed by atoms with E-state index in [0.29, 0.717) is 10.6 Å². The highest BCUT2D eigenvalue weighted by atomic mass is 32.1. The number of hydrogen-bond acceptors (Lipinski definition) is 6. The molecule has 21 heavy (non-hydrogen) atoms. The normalized spacial score (nSPS) is 12.6. The summed E-state index contributed by atoms with van der Waals surface area (Å²) in [6, 6.07) is 1.92. The lowest BCUT2D eigenvalue weighted by Crippen LogP contribution is -2.34. The Bertz CT molecular complexity index is 669. The van der Waals surface area contributed by atoms with E-state index in [2.05, 4.69) is 10.3 Å². The third-order valence-electron chi connectivity index (χ3n) is 3.08. The van der Waals surface area contributed by atoms with Crippen molar-refractivity contribution in [3.63, 3.8) is 0 Å².